The van der Waals surface area contributed by atoms with Crippen molar-refractivity contribution in [3.8, 4) is 0 Å². The lowest BCUT2D eigenvalue weighted by Gasteiger charge is -2.24. The Hall–Kier alpha value is 0.0249. The summed E-state index contributed by atoms with van der Waals surface area (Å²) in [6.45, 7) is 0. The predicted octanol–water partition coefficient (Wildman–Crippen LogP) is 0.909. The molecule has 2 heteroatoms. The molecule has 0 aliphatic heterocycles. The molecule has 2 saturated carbocycles. The molecular weight excluding hydrogens is 123 g/mol. The highest BCUT2D eigenvalue weighted by Crippen LogP contribution is 2.49. The molecule has 2 fully saturated rings. The van der Waals surface area contributed by atoms with Crippen LogP contribution < -0.4 is 0 Å². The summed E-state index contributed by atoms with van der Waals surface area (Å²) in [5.74, 6) is 2.08. The summed E-state index contributed by atoms with van der Waals surface area (Å²) >= 11 is 0. The fraction of sp³-hybridized carbons (Fsp3) is 1.00. The van der Waals surface area contributed by atoms with Crippen LogP contribution in [0.15, 0.2) is 0 Å². The van der Waals surface area contributed by atoms with E-state index in [1.807, 2.05) is 0 Å². The standard InChI is InChI=1S/C8H13BO/c9-8(10)7-4-5-1-2-6(7)3-5/h5-8,10H,1-4H2. The molecule has 0 amide bonds. The van der Waals surface area contributed by atoms with Crippen LogP contribution in [0.3, 0.4) is 0 Å². The van der Waals surface area contributed by atoms with Crippen molar-refractivity contribution in [2.45, 2.75) is 31.7 Å². The van der Waals surface area contributed by atoms with E-state index in [1.54, 1.807) is 0 Å². The zero-order valence-corrected chi connectivity index (χ0v) is 6.16. The van der Waals surface area contributed by atoms with Gasteiger partial charge in [-0.3, -0.25) is 0 Å². The van der Waals surface area contributed by atoms with E-state index in [0.29, 0.717) is 5.92 Å². The molecule has 2 aliphatic rings. The number of hydrogen-bond acceptors (Lipinski definition) is 1. The average Bonchev–Trinajstić information content (AvgIpc) is 2.44. The summed E-state index contributed by atoms with van der Waals surface area (Å²) in [7, 11) is 5.44. The second kappa shape index (κ2) is 2.26. The highest BCUT2D eigenvalue weighted by molar-refractivity contribution is 6.11. The maximum atomic E-state index is 9.15. The summed E-state index contributed by atoms with van der Waals surface area (Å²) in [5, 5.41) is 9.15. The number of hydrogen-bond donors (Lipinski definition) is 1. The zero-order chi connectivity index (χ0) is 7.14. The lowest BCUT2D eigenvalue weighted by Crippen LogP contribution is -2.25. The molecule has 4 unspecified atom stereocenters. The van der Waals surface area contributed by atoms with Crippen LogP contribution >= 0.6 is 0 Å². The fourth-order valence-corrected chi connectivity index (χ4v) is 2.71. The molecule has 0 aromatic rings. The van der Waals surface area contributed by atoms with Crippen LogP contribution in [-0.4, -0.2) is 19.0 Å². The molecule has 54 valence electrons. The molecule has 1 nitrogen and oxygen atoms in total. The topological polar surface area (TPSA) is 20.2 Å². The van der Waals surface area contributed by atoms with Crippen molar-refractivity contribution in [3.63, 3.8) is 0 Å². The highest BCUT2D eigenvalue weighted by Gasteiger charge is 2.40. The first-order valence-corrected chi connectivity index (χ1v) is 4.21. The Bertz CT molecular complexity index is 135. The molecule has 2 bridgehead atoms. The van der Waals surface area contributed by atoms with Crippen molar-refractivity contribution in [1.29, 1.82) is 0 Å². The van der Waals surface area contributed by atoms with Crippen LogP contribution in [0.2, 0.25) is 0 Å². The van der Waals surface area contributed by atoms with Crippen molar-refractivity contribution in [2.24, 2.45) is 17.8 Å². The summed E-state index contributed by atoms with van der Waals surface area (Å²) in [6.07, 6.45) is 5.21. The molecule has 2 radical (unpaired) electrons. The zero-order valence-electron chi connectivity index (χ0n) is 6.16. The van der Waals surface area contributed by atoms with E-state index in [2.05, 4.69) is 0 Å². The quantitative estimate of drug-likeness (QED) is 0.531. The molecule has 2 rings (SSSR count). The van der Waals surface area contributed by atoms with E-state index in [1.165, 1.54) is 25.7 Å². The maximum Gasteiger partial charge on any atom is 0.108 e. The minimum Gasteiger partial charge on any atom is -0.403 e. The van der Waals surface area contributed by atoms with Crippen LogP contribution in [0.5, 0.6) is 0 Å². The Balaban J connectivity index is 2.02. The molecule has 1 N–H and O–H groups in total. The molecule has 0 heterocycles. The van der Waals surface area contributed by atoms with E-state index in [4.69, 9.17) is 13.0 Å². The second-order valence-electron chi connectivity index (χ2n) is 3.83. The Morgan fingerprint density at radius 3 is 2.40 bits per heavy atom. The lowest BCUT2D eigenvalue weighted by molar-refractivity contribution is 0.140. The van der Waals surface area contributed by atoms with Crippen LogP contribution in [0.4, 0.5) is 0 Å². The normalized spacial score (nSPS) is 47.9. The van der Waals surface area contributed by atoms with Crippen molar-refractivity contribution in [2.75, 3.05) is 0 Å². The Morgan fingerprint density at radius 2 is 2.10 bits per heavy atom. The Kier molecular flexibility index (Phi) is 1.52. The number of aliphatic hydroxyl groups is 1. The molecule has 2 aliphatic carbocycles. The van der Waals surface area contributed by atoms with Gasteiger partial charge in [-0.25, -0.2) is 0 Å². The van der Waals surface area contributed by atoms with Crippen molar-refractivity contribution < 1.29 is 5.11 Å². The van der Waals surface area contributed by atoms with Gasteiger partial charge in [0.2, 0.25) is 0 Å². The second-order valence-corrected chi connectivity index (χ2v) is 3.83. The summed E-state index contributed by atoms with van der Waals surface area (Å²) in [4.78, 5) is 0. The van der Waals surface area contributed by atoms with Crippen LogP contribution in [-0.2, 0) is 0 Å². The van der Waals surface area contributed by atoms with E-state index in [0.717, 1.165) is 11.8 Å². The van der Waals surface area contributed by atoms with Gasteiger partial charge in [0.05, 0.1) is 0 Å². The van der Waals surface area contributed by atoms with Gasteiger partial charge in [0.25, 0.3) is 0 Å². The minimum absolute atomic E-state index is 0.429. The van der Waals surface area contributed by atoms with Gasteiger partial charge < -0.3 is 5.11 Å². The van der Waals surface area contributed by atoms with Gasteiger partial charge in [0.15, 0.2) is 0 Å². The van der Waals surface area contributed by atoms with Crippen LogP contribution in [0.25, 0.3) is 0 Å². The number of fused-ring (bicyclic) bond motifs is 2. The Morgan fingerprint density at radius 1 is 1.30 bits per heavy atom. The summed E-state index contributed by atoms with van der Waals surface area (Å²) < 4.78 is 0. The van der Waals surface area contributed by atoms with Gasteiger partial charge >= 0.3 is 0 Å². The van der Waals surface area contributed by atoms with E-state index < -0.39 is 6.00 Å². The molecule has 0 aromatic heterocycles. The maximum absolute atomic E-state index is 9.15. The van der Waals surface area contributed by atoms with Gasteiger partial charge in [0, 0.05) is 6.00 Å². The van der Waals surface area contributed by atoms with E-state index in [9.17, 15) is 0 Å². The van der Waals surface area contributed by atoms with Gasteiger partial charge in [-0.05, 0) is 37.0 Å². The summed E-state index contributed by atoms with van der Waals surface area (Å²) in [5.41, 5.74) is 0. The molecule has 10 heavy (non-hydrogen) atoms. The van der Waals surface area contributed by atoms with Crippen molar-refractivity contribution >= 4 is 7.85 Å². The monoisotopic (exact) mass is 136 g/mol. The molecular formula is C8H13BO. The van der Waals surface area contributed by atoms with Crippen LogP contribution in [0.1, 0.15) is 25.7 Å². The first-order chi connectivity index (χ1) is 4.77. The smallest absolute Gasteiger partial charge is 0.108 e. The number of aliphatic hydroxyl groups excluding tert-OH is 1. The molecule has 0 aromatic carbocycles. The van der Waals surface area contributed by atoms with Crippen molar-refractivity contribution in [1.82, 2.24) is 0 Å². The lowest BCUT2D eigenvalue weighted by atomic mass is 9.77. The van der Waals surface area contributed by atoms with Crippen LogP contribution in [0, 0.1) is 17.8 Å². The largest absolute Gasteiger partial charge is 0.403 e. The van der Waals surface area contributed by atoms with Gasteiger partial charge in [-0.15, -0.1) is 0 Å². The first-order valence-electron chi connectivity index (χ1n) is 4.21. The van der Waals surface area contributed by atoms with E-state index >= 15 is 0 Å². The third kappa shape index (κ3) is 0.896. The highest BCUT2D eigenvalue weighted by atomic mass is 16.3. The summed E-state index contributed by atoms with van der Waals surface area (Å²) in [6, 6.07) is -0.546. The fourth-order valence-electron chi connectivity index (χ4n) is 2.71. The van der Waals surface area contributed by atoms with Crippen molar-refractivity contribution in [3.05, 3.63) is 0 Å². The molecule has 0 spiro atoms. The van der Waals surface area contributed by atoms with Gasteiger partial charge in [-0.2, -0.15) is 0 Å². The van der Waals surface area contributed by atoms with E-state index in [-0.39, 0.29) is 0 Å². The average molecular weight is 136 g/mol. The molecule has 0 saturated heterocycles. The van der Waals surface area contributed by atoms with Gasteiger partial charge in [-0.1, -0.05) is 6.42 Å². The van der Waals surface area contributed by atoms with Gasteiger partial charge in [0.1, 0.15) is 7.85 Å². The molecule has 4 atom stereocenters. The first kappa shape index (κ1) is 6.72. The third-order valence-electron chi connectivity index (χ3n) is 3.23. The minimum atomic E-state index is -0.546. The predicted molar refractivity (Wildman–Crippen MR) is 40.7 cm³/mol. The third-order valence-corrected chi connectivity index (χ3v) is 3.23. The Labute approximate surface area is 63.2 Å². The number of rotatable bonds is 1. The SMILES string of the molecule is [B]C(O)C1CC2CCC1C2.